The first-order valence-electron chi connectivity index (χ1n) is 9.84. The van der Waals surface area contributed by atoms with E-state index < -0.39 is 37.7 Å². The average Bonchev–Trinajstić information content (AvgIpc) is 3.08. The molecule has 1 aliphatic heterocycles. The van der Waals surface area contributed by atoms with E-state index in [0.29, 0.717) is 12.0 Å². The van der Waals surface area contributed by atoms with Gasteiger partial charge in [-0.05, 0) is 42.3 Å². The van der Waals surface area contributed by atoms with E-state index in [9.17, 15) is 26.4 Å². The minimum absolute atomic E-state index is 0.0542. The number of carbonyl (C=O) groups excluding carboxylic acids is 2. The molecule has 172 valence electrons. The van der Waals surface area contributed by atoms with Crippen LogP contribution in [0.15, 0.2) is 52.3 Å². The molecule has 1 fully saturated rings. The number of anilines is 1. The van der Waals surface area contributed by atoms with Gasteiger partial charge in [0, 0.05) is 25.1 Å². The van der Waals surface area contributed by atoms with Crippen LogP contribution in [0.2, 0.25) is 0 Å². The second-order valence-corrected chi connectivity index (χ2v) is 11.1. The third kappa shape index (κ3) is 4.84. The van der Waals surface area contributed by atoms with Gasteiger partial charge < -0.3 is 4.74 Å². The quantitative estimate of drug-likeness (QED) is 0.574. The predicted octanol–water partition coefficient (Wildman–Crippen LogP) is 2.18. The topological polar surface area (TPSA) is 127 Å². The zero-order valence-electron chi connectivity index (χ0n) is 17.9. The molecule has 1 N–H and O–H groups in total. The van der Waals surface area contributed by atoms with Crippen molar-refractivity contribution in [3.8, 4) is 5.75 Å². The van der Waals surface area contributed by atoms with E-state index in [0.717, 1.165) is 11.2 Å². The highest BCUT2D eigenvalue weighted by molar-refractivity contribution is 7.90. The van der Waals surface area contributed by atoms with E-state index in [1.165, 1.54) is 37.4 Å². The molecule has 2 aromatic carbocycles. The molecule has 0 radical (unpaired) electrons. The number of sulfonamides is 1. The number of amides is 2. The number of rotatable bonds is 8. The molecule has 3 rings (SSSR count). The van der Waals surface area contributed by atoms with E-state index in [-0.39, 0.29) is 34.1 Å². The summed E-state index contributed by atoms with van der Waals surface area (Å²) in [6.07, 6.45) is 1.61. The molecule has 0 bridgehead atoms. The largest absolute Gasteiger partial charge is 0.495 e. The van der Waals surface area contributed by atoms with Gasteiger partial charge >= 0.3 is 0 Å². The van der Waals surface area contributed by atoms with Crippen LogP contribution in [0.1, 0.15) is 37.8 Å². The van der Waals surface area contributed by atoms with Crippen LogP contribution in [-0.4, -0.2) is 42.0 Å². The fourth-order valence-corrected chi connectivity index (χ4v) is 5.40. The molecule has 0 spiro atoms. The molecule has 1 saturated heterocycles. The summed E-state index contributed by atoms with van der Waals surface area (Å²) >= 11 is 0. The summed E-state index contributed by atoms with van der Waals surface area (Å²) in [6, 6.07) is 9.33. The summed E-state index contributed by atoms with van der Waals surface area (Å²) in [4.78, 5) is 25.3. The summed E-state index contributed by atoms with van der Waals surface area (Å²) < 4.78 is 57.3. The maximum atomic E-state index is 13.1. The molecule has 0 saturated carbocycles. The number of nitrogens with one attached hydrogen (secondary N) is 1. The zero-order valence-corrected chi connectivity index (χ0v) is 19.5. The van der Waals surface area contributed by atoms with Crippen molar-refractivity contribution < 1.29 is 31.2 Å². The second-order valence-electron chi connectivity index (χ2n) is 7.38. The van der Waals surface area contributed by atoms with Crippen LogP contribution in [0.4, 0.5) is 5.69 Å². The number of nitrogens with zero attached hydrogens (tertiary/aromatic N) is 1. The van der Waals surface area contributed by atoms with E-state index in [2.05, 4.69) is 4.72 Å². The monoisotopic (exact) mass is 480 g/mol. The summed E-state index contributed by atoms with van der Waals surface area (Å²) in [7, 11) is -6.05. The Labute approximate surface area is 187 Å². The number of carbonyl (C=O) groups is 2. The molecule has 0 aromatic heterocycles. The Hall–Kier alpha value is -2.76. The Bertz CT molecular complexity index is 1240. The number of benzene rings is 2. The first kappa shape index (κ1) is 23.9. The Morgan fingerprint density at radius 2 is 1.53 bits per heavy atom. The Balaban J connectivity index is 1.94. The van der Waals surface area contributed by atoms with Crippen molar-refractivity contribution in [1.82, 2.24) is 4.72 Å². The first-order valence-corrected chi connectivity index (χ1v) is 13.2. The lowest BCUT2D eigenvalue weighted by Gasteiger charge is -2.21. The van der Waals surface area contributed by atoms with Crippen molar-refractivity contribution in [1.29, 1.82) is 0 Å². The van der Waals surface area contributed by atoms with E-state index >= 15 is 0 Å². The minimum Gasteiger partial charge on any atom is -0.495 e. The molecule has 1 atom stereocenters. The van der Waals surface area contributed by atoms with Crippen molar-refractivity contribution in [2.45, 2.75) is 42.0 Å². The summed E-state index contributed by atoms with van der Waals surface area (Å²) in [5, 5.41) is 0. The van der Waals surface area contributed by atoms with E-state index in [4.69, 9.17) is 4.74 Å². The number of methoxy groups -OCH3 is 1. The standard InChI is InChI=1S/C21H24N2O7S2/c1-4-17(14-5-7-15(8-6-14)31(3,26)27)22-32(28,29)16-9-10-19(30-2)18(13-16)23-20(24)11-12-21(23)25/h5-10,13,17,22H,4,11-12H2,1-3H3/t17-/m1/s1. The lowest BCUT2D eigenvalue weighted by atomic mass is 10.1. The number of hydrogen-bond acceptors (Lipinski definition) is 7. The molecule has 1 heterocycles. The second kappa shape index (κ2) is 9.00. The smallest absolute Gasteiger partial charge is 0.241 e. The third-order valence-electron chi connectivity index (χ3n) is 5.17. The molecule has 9 nitrogen and oxygen atoms in total. The Kier molecular flexibility index (Phi) is 6.72. The van der Waals surface area contributed by atoms with Crippen molar-refractivity contribution in [2.75, 3.05) is 18.3 Å². The molecule has 2 amide bonds. The van der Waals surface area contributed by atoms with Gasteiger partial charge in [-0.15, -0.1) is 0 Å². The van der Waals surface area contributed by atoms with Crippen molar-refractivity contribution >= 4 is 37.4 Å². The van der Waals surface area contributed by atoms with Gasteiger partial charge in [0.25, 0.3) is 0 Å². The Morgan fingerprint density at radius 1 is 0.969 bits per heavy atom. The fraction of sp³-hybridized carbons (Fsp3) is 0.333. The van der Waals surface area contributed by atoms with Crippen LogP contribution >= 0.6 is 0 Å². The van der Waals surface area contributed by atoms with Crippen LogP contribution in [0.5, 0.6) is 5.75 Å². The maximum Gasteiger partial charge on any atom is 0.241 e. The van der Waals surface area contributed by atoms with Gasteiger partial charge in [0.1, 0.15) is 5.75 Å². The van der Waals surface area contributed by atoms with Gasteiger partial charge in [0.05, 0.1) is 22.6 Å². The van der Waals surface area contributed by atoms with E-state index in [1.54, 1.807) is 19.1 Å². The van der Waals surface area contributed by atoms with Crippen LogP contribution in [0.3, 0.4) is 0 Å². The third-order valence-corrected chi connectivity index (χ3v) is 7.77. The van der Waals surface area contributed by atoms with Crippen molar-refractivity contribution in [3.63, 3.8) is 0 Å². The number of imide groups is 1. The van der Waals surface area contributed by atoms with Gasteiger partial charge in [-0.25, -0.2) is 26.5 Å². The molecule has 2 aromatic rings. The van der Waals surface area contributed by atoms with Gasteiger partial charge in [-0.2, -0.15) is 0 Å². The van der Waals surface area contributed by atoms with Crippen LogP contribution in [0.25, 0.3) is 0 Å². The normalized spacial score (nSPS) is 15.8. The highest BCUT2D eigenvalue weighted by Gasteiger charge is 2.33. The molecule has 32 heavy (non-hydrogen) atoms. The average molecular weight is 481 g/mol. The maximum absolute atomic E-state index is 13.1. The van der Waals surface area contributed by atoms with Gasteiger partial charge in [-0.3, -0.25) is 9.59 Å². The van der Waals surface area contributed by atoms with Gasteiger partial charge in [-0.1, -0.05) is 19.1 Å². The highest BCUT2D eigenvalue weighted by Crippen LogP contribution is 2.34. The lowest BCUT2D eigenvalue weighted by molar-refractivity contribution is -0.121. The SMILES string of the molecule is CC[C@@H](NS(=O)(=O)c1ccc(OC)c(N2C(=O)CCC2=O)c1)c1ccc(S(C)(=O)=O)cc1. The van der Waals surface area contributed by atoms with Crippen molar-refractivity contribution in [3.05, 3.63) is 48.0 Å². The van der Waals surface area contributed by atoms with Crippen LogP contribution in [-0.2, 0) is 29.4 Å². The van der Waals surface area contributed by atoms with Crippen LogP contribution < -0.4 is 14.4 Å². The van der Waals surface area contributed by atoms with Gasteiger partial charge in [0.2, 0.25) is 21.8 Å². The number of ether oxygens (including phenoxy) is 1. The van der Waals surface area contributed by atoms with E-state index in [1.807, 2.05) is 0 Å². The highest BCUT2D eigenvalue weighted by atomic mass is 32.2. The number of hydrogen-bond donors (Lipinski definition) is 1. The Morgan fingerprint density at radius 3 is 2.03 bits per heavy atom. The molecule has 0 unspecified atom stereocenters. The van der Waals surface area contributed by atoms with Crippen LogP contribution in [0, 0.1) is 0 Å². The fourth-order valence-electron chi connectivity index (χ4n) is 3.45. The molecular formula is C21H24N2O7S2. The molecule has 11 heteroatoms. The first-order chi connectivity index (χ1) is 15.0. The molecule has 0 aliphatic carbocycles. The predicted molar refractivity (Wildman–Crippen MR) is 118 cm³/mol. The minimum atomic E-state index is -4.04. The zero-order chi connectivity index (χ0) is 23.7. The van der Waals surface area contributed by atoms with Crippen molar-refractivity contribution in [2.24, 2.45) is 0 Å². The van der Waals surface area contributed by atoms with Gasteiger partial charge in [0.15, 0.2) is 9.84 Å². The number of sulfone groups is 1. The summed E-state index contributed by atoms with van der Waals surface area (Å²) in [5.74, 6) is -0.641. The lowest BCUT2D eigenvalue weighted by Crippen LogP contribution is -2.31. The summed E-state index contributed by atoms with van der Waals surface area (Å²) in [5.41, 5.74) is 0.676. The molecule has 1 aliphatic rings. The molecular weight excluding hydrogens is 456 g/mol. The summed E-state index contributed by atoms with van der Waals surface area (Å²) in [6.45, 7) is 1.79.